The minimum absolute atomic E-state index is 0.343. The summed E-state index contributed by atoms with van der Waals surface area (Å²) in [6.45, 7) is 5.50. The molecular formula is C11H20N2. The molecule has 0 amide bonds. The van der Waals surface area contributed by atoms with Gasteiger partial charge in [0, 0.05) is 12.0 Å². The van der Waals surface area contributed by atoms with Crippen LogP contribution in [0.3, 0.4) is 0 Å². The molecule has 1 N–H and O–H groups in total. The van der Waals surface area contributed by atoms with Crippen molar-refractivity contribution >= 4 is 0 Å². The standard InChI is InChI=1S/C11H20N2/c1-9(2)13-8-11-5-3-10(7-12)4-6-11/h9-11,13H,3-6,8H2,1-2H3. The molecule has 74 valence electrons. The van der Waals surface area contributed by atoms with Crippen molar-refractivity contribution in [3.63, 3.8) is 0 Å². The molecule has 13 heavy (non-hydrogen) atoms. The third-order valence-electron chi connectivity index (χ3n) is 2.84. The molecule has 2 nitrogen and oxygen atoms in total. The Hall–Kier alpha value is -0.550. The third kappa shape index (κ3) is 3.78. The minimum Gasteiger partial charge on any atom is -0.314 e. The van der Waals surface area contributed by atoms with E-state index in [2.05, 4.69) is 25.2 Å². The second-order valence-electron chi connectivity index (χ2n) is 4.41. The van der Waals surface area contributed by atoms with Crippen LogP contribution in [0.25, 0.3) is 0 Å². The van der Waals surface area contributed by atoms with E-state index in [0.29, 0.717) is 12.0 Å². The van der Waals surface area contributed by atoms with Crippen LogP contribution in [-0.4, -0.2) is 12.6 Å². The molecule has 0 atom stereocenters. The molecule has 0 heterocycles. The first-order valence-electron chi connectivity index (χ1n) is 5.35. The zero-order chi connectivity index (χ0) is 9.68. The molecule has 1 saturated carbocycles. The van der Waals surface area contributed by atoms with E-state index < -0.39 is 0 Å². The summed E-state index contributed by atoms with van der Waals surface area (Å²) in [6.07, 6.45) is 4.69. The van der Waals surface area contributed by atoms with Crippen LogP contribution in [0, 0.1) is 23.2 Å². The van der Waals surface area contributed by atoms with Gasteiger partial charge in [0.2, 0.25) is 0 Å². The average Bonchev–Trinajstić information content (AvgIpc) is 2.15. The molecule has 2 heteroatoms. The predicted molar refractivity (Wildman–Crippen MR) is 54.2 cm³/mol. The Morgan fingerprint density at radius 2 is 1.92 bits per heavy atom. The highest BCUT2D eigenvalue weighted by molar-refractivity contribution is 4.87. The van der Waals surface area contributed by atoms with Gasteiger partial charge < -0.3 is 5.32 Å². The molecule has 0 aromatic rings. The number of nitrogens with one attached hydrogen (secondary N) is 1. The van der Waals surface area contributed by atoms with Crippen LogP contribution in [0.1, 0.15) is 39.5 Å². The average molecular weight is 180 g/mol. The first kappa shape index (κ1) is 10.5. The lowest BCUT2D eigenvalue weighted by Gasteiger charge is -2.25. The molecule has 0 aliphatic heterocycles. The molecular weight excluding hydrogens is 160 g/mol. The molecule has 0 saturated heterocycles. The van der Waals surface area contributed by atoms with E-state index in [1.165, 1.54) is 12.8 Å². The molecule has 0 aromatic heterocycles. The van der Waals surface area contributed by atoms with Crippen molar-refractivity contribution < 1.29 is 0 Å². The lowest BCUT2D eigenvalue weighted by Crippen LogP contribution is -2.30. The van der Waals surface area contributed by atoms with Crippen LogP contribution in [0.4, 0.5) is 0 Å². The van der Waals surface area contributed by atoms with Crippen LogP contribution in [-0.2, 0) is 0 Å². The number of hydrogen-bond donors (Lipinski definition) is 1. The molecule has 1 aliphatic rings. The van der Waals surface area contributed by atoms with E-state index in [1.807, 2.05) is 0 Å². The van der Waals surface area contributed by atoms with Crippen molar-refractivity contribution in [1.29, 1.82) is 5.26 Å². The van der Waals surface area contributed by atoms with E-state index >= 15 is 0 Å². The van der Waals surface area contributed by atoms with Crippen molar-refractivity contribution in [3.8, 4) is 6.07 Å². The highest BCUT2D eigenvalue weighted by Gasteiger charge is 2.20. The van der Waals surface area contributed by atoms with Gasteiger partial charge in [-0.15, -0.1) is 0 Å². The maximum atomic E-state index is 8.73. The molecule has 0 radical (unpaired) electrons. The lowest BCUT2D eigenvalue weighted by atomic mass is 9.83. The Bertz CT molecular complexity index is 173. The quantitative estimate of drug-likeness (QED) is 0.723. The molecule has 0 bridgehead atoms. The van der Waals surface area contributed by atoms with Crippen molar-refractivity contribution in [2.45, 2.75) is 45.6 Å². The second kappa shape index (κ2) is 5.24. The highest BCUT2D eigenvalue weighted by atomic mass is 14.9. The summed E-state index contributed by atoms with van der Waals surface area (Å²) in [5, 5.41) is 12.2. The van der Waals surface area contributed by atoms with E-state index in [1.54, 1.807) is 0 Å². The smallest absolute Gasteiger partial charge is 0.0655 e. The lowest BCUT2D eigenvalue weighted by molar-refractivity contribution is 0.298. The van der Waals surface area contributed by atoms with Crippen molar-refractivity contribution in [2.24, 2.45) is 11.8 Å². The van der Waals surface area contributed by atoms with Gasteiger partial charge in [0.05, 0.1) is 6.07 Å². The van der Waals surface area contributed by atoms with E-state index in [0.717, 1.165) is 25.3 Å². The van der Waals surface area contributed by atoms with Crippen molar-refractivity contribution in [1.82, 2.24) is 5.32 Å². The summed E-state index contributed by atoms with van der Waals surface area (Å²) in [6, 6.07) is 2.96. The third-order valence-corrected chi connectivity index (χ3v) is 2.84. The summed E-state index contributed by atoms with van der Waals surface area (Å²) in [5.41, 5.74) is 0. The summed E-state index contributed by atoms with van der Waals surface area (Å²) < 4.78 is 0. The maximum absolute atomic E-state index is 8.73. The van der Waals surface area contributed by atoms with Gasteiger partial charge in [-0.25, -0.2) is 0 Å². The van der Waals surface area contributed by atoms with Gasteiger partial charge >= 0.3 is 0 Å². The molecule has 0 aromatic carbocycles. The fraction of sp³-hybridized carbons (Fsp3) is 0.909. The second-order valence-corrected chi connectivity index (χ2v) is 4.41. The summed E-state index contributed by atoms with van der Waals surface area (Å²) in [4.78, 5) is 0. The fourth-order valence-corrected chi connectivity index (χ4v) is 1.90. The predicted octanol–water partition coefficient (Wildman–Crippen LogP) is 2.31. The molecule has 1 rings (SSSR count). The number of hydrogen-bond acceptors (Lipinski definition) is 2. The summed E-state index contributed by atoms with van der Waals surface area (Å²) in [5.74, 6) is 1.15. The Morgan fingerprint density at radius 1 is 1.31 bits per heavy atom. The Balaban J connectivity index is 2.15. The van der Waals surface area contributed by atoms with Crippen LogP contribution >= 0.6 is 0 Å². The van der Waals surface area contributed by atoms with Gasteiger partial charge in [-0.05, 0) is 38.1 Å². The Kier molecular flexibility index (Phi) is 4.24. The van der Waals surface area contributed by atoms with E-state index in [4.69, 9.17) is 5.26 Å². The molecule has 0 unspecified atom stereocenters. The minimum atomic E-state index is 0.343. The topological polar surface area (TPSA) is 35.8 Å². The fourth-order valence-electron chi connectivity index (χ4n) is 1.90. The van der Waals surface area contributed by atoms with E-state index in [9.17, 15) is 0 Å². The first-order valence-corrected chi connectivity index (χ1v) is 5.35. The van der Waals surface area contributed by atoms with Crippen LogP contribution in [0.15, 0.2) is 0 Å². The molecule has 1 fully saturated rings. The number of nitrogens with zero attached hydrogens (tertiary/aromatic N) is 1. The zero-order valence-electron chi connectivity index (χ0n) is 8.71. The van der Waals surface area contributed by atoms with Gasteiger partial charge in [-0.3, -0.25) is 0 Å². The van der Waals surface area contributed by atoms with Gasteiger partial charge in [0.15, 0.2) is 0 Å². The normalized spacial score (nSPS) is 28.8. The molecule has 1 aliphatic carbocycles. The van der Waals surface area contributed by atoms with Gasteiger partial charge in [0.25, 0.3) is 0 Å². The van der Waals surface area contributed by atoms with Crippen LogP contribution in [0.2, 0.25) is 0 Å². The van der Waals surface area contributed by atoms with Crippen molar-refractivity contribution in [2.75, 3.05) is 6.54 Å². The highest BCUT2D eigenvalue weighted by Crippen LogP contribution is 2.27. The van der Waals surface area contributed by atoms with Crippen LogP contribution < -0.4 is 5.32 Å². The summed E-state index contributed by atoms with van der Waals surface area (Å²) >= 11 is 0. The summed E-state index contributed by atoms with van der Waals surface area (Å²) in [7, 11) is 0. The van der Waals surface area contributed by atoms with Crippen molar-refractivity contribution in [3.05, 3.63) is 0 Å². The van der Waals surface area contributed by atoms with Gasteiger partial charge in [-0.2, -0.15) is 5.26 Å². The molecule has 0 spiro atoms. The van der Waals surface area contributed by atoms with Gasteiger partial charge in [-0.1, -0.05) is 13.8 Å². The Morgan fingerprint density at radius 3 is 2.38 bits per heavy atom. The van der Waals surface area contributed by atoms with E-state index in [-0.39, 0.29) is 0 Å². The van der Waals surface area contributed by atoms with Gasteiger partial charge in [0.1, 0.15) is 0 Å². The largest absolute Gasteiger partial charge is 0.314 e. The number of rotatable bonds is 3. The zero-order valence-corrected chi connectivity index (χ0v) is 8.71. The first-order chi connectivity index (χ1) is 6.22. The maximum Gasteiger partial charge on any atom is 0.0655 e. The monoisotopic (exact) mass is 180 g/mol. The Labute approximate surface area is 81.3 Å². The SMILES string of the molecule is CC(C)NCC1CCC(C#N)CC1. The van der Waals surface area contributed by atoms with Crippen LogP contribution in [0.5, 0.6) is 0 Å². The number of nitriles is 1.